The molecule has 0 bridgehead atoms. The van der Waals surface area contributed by atoms with Crippen LogP contribution in [0.4, 0.5) is 0 Å². The molecule has 1 fully saturated rings. The fourth-order valence-electron chi connectivity index (χ4n) is 2.11. The standard InChI is InChI=1S/C12H15Cl2NO.ClH/c13-10-5-9(6-11(14)7-10)12(15)8-1-3-16-4-2-8;/h5-8,12H,1-4,15H2;1H/t12-;/m0./s1. The number of nitrogens with two attached hydrogens (primary N) is 1. The minimum absolute atomic E-state index is 0. The van der Waals surface area contributed by atoms with Crippen LogP contribution in [0.3, 0.4) is 0 Å². The summed E-state index contributed by atoms with van der Waals surface area (Å²) >= 11 is 11.9. The number of benzene rings is 1. The van der Waals surface area contributed by atoms with Gasteiger partial charge in [-0.3, -0.25) is 0 Å². The van der Waals surface area contributed by atoms with Gasteiger partial charge in [-0.2, -0.15) is 0 Å². The Balaban J connectivity index is 0.00000144. The van der Waals surface area contributed by atoms with E-state index in [1.165, 1.54) is 0 Å². The van der Waals surface area contributed by atoms with Crippen LogP contribution in [-0.2, 0) is 4.74 Å². The average Bonchev–Trinajstić information content (AvgIpc) is 2.28. The van der Waals surface area contributed by atoms with E-state index in [4.69, 9.17) is 33.7 Å². The molecule has 5 heteroatoms. The zero-order valence-corrected chi connectivity index (χ0v) is 11.7. The van der Waals surface area contributed by atoms with Crippen LogP contribution in [0, 0.1) is 5.92 Å². The van der Waals surface area contributed by atoms with Gasteiger partial charge in [0.15, 0.2) is 0 Å². The van der Waals surface area contributed by atoms with Gasteiger partial charge in [0.1, 0.15) is 0 Å². The molecule has 96 valence electrons. The van der Waals surface area contributed by atoms with Gasteiger partial charge < -0.3 is 10.5 Å². The third-order valence-electron chi connectivity index (χ3n) is 3.04. The van der Waals surface area contributed by atoms with Gasteiger partial charge in [0.2, 0.25) is 0 Å². The second-order valence-electron chi connectivity index (χ2n) is 4.18. The SMILES string of the molecule is Cl.N[C@H](c1cc(Cl)cc(Cl)c1)C1CCOCC1. The molecule has 0 aromatic heterocycles. The lowest BCUT2D eigenvalue weighted by Gasteiger charge is -2.28. The van der Waals surface area contributed by atoms with Crippen LogP contribution in [-0.4, -0.2) is 13.2 Å². The van der Waals surface area contributed by atoms with E-state index in [1.807, 2.05) is 12.1 Å². The number of hydrogen-bond acceptors (Lipinski definition) is 2. The van der Waals surface area contributed by atoms with Crippen molar-refractivity contribution in [3.8, 4) is 0 Å². The van der Waals surface area contributed by atoms with Crippen molar-refractivity contribution in [1.29, 1.82) is 0 Å². The van der Waals surface area contributed by atoms with E-state index in [2.05, 4.69) is 0 Å². The highest BCUT2D eigenvalue weighted by molar-refractivity contribution is 6.34. The van der Waals surface area contributed by atoms with Crippen LogP contribution in [0.15, 0.2) is 18.2 Å². The maximum Gasteiger partial charge on any atom is 0.0469 e. The summed E-state index contributed by atoms with van der Waals surface area (Å²) < 4.78 is 5.33. The predicted octanol–water partition coefficient (Wildman–Crippen LogP) is 3.84. The Hall–Kier alpha value is 0.01000. The van der Waals surface area contributed by atoms with Gasteiger partial charge >= 0.3 is 0 Å². The molecule has 2 N–H and O–H groups in total. The van der Waals surface area contributed by atoms with Crippen LogP contribution >= 0.6 is 35.6 Å². The van der Waals surface area contributed by atoms with Crippen molar-refractivity contribution in [2.45, 2.75) is 18.9 Å². The van der Waals surface area contributed by atoms with Crippen molar-refractivity contribution < 1.29 is 4.74 Å². The lowest BCUT2D eigenvalue weighted by atomic mass is 9.88. The van der Waals surface area contributed by atoms with Gasteiger partial charge in [-0.25, -0.2) is 0 Å². The van der Waals surface area contributed by atoms with Crippen molar-refractivity contribution in [3.05, 3.63) is 33.8 Å². The van der Waals surface area contributed by atoms with Crippen LogP contribution in [0.5, 0.6) is 0 Å². The molecule has 0 unspecified atom stereocenters. The lowest BCUT2D eigenvalue weighted by molar-refractivity contribution is 0.0584. The maximum absolute atomic E-state index is 6.23. The van der Waals surface area contributed by atoms with Crippen molar-refractivity contribution >= 4 is 35.6 Å². The van der Waals surface area contributed by atoms with Crippen molar-refractivity contribution in [1.82, 2.24) is 0 Å². The van der Waals surface area contributed by atoms with E-state index < -0.39 is 0 Å². The molecule has 2 rings (SSSR count). The summed E-state index contributed by atoms with van der Waals surface area (Å²) in [5.74, 6) is 0.461. The number of halogens is 3. The van der Waals surface area contributed by atoms with Gasteiger partial charge in [-0.1, -0.05) is 23.2 Å². The zero-order chi connectivity index (χ0) is 11.5. The molecule has 2 nitrogen and oxygen atoms in total. The highest BCUT2D eigenvalue weighted by Gasteiger charge is 2.22. The van der Waals surface area contributed by atoms with Crippen LogP contribution in [0.25, 0.3) is 0 Å². The average molecular weight is 297 g/mol. The topological polar surface area (TPSA) is 35.2 Å². The predicted molar refractivity (Wildman–Crippen MR) is 74.2 cm³/mol. The summed E-state index contributed by atoms with van der Waals surface area (Å²) in [5.41, 5.74) is 7.25. The molecule has 0 radical (unpaired) electrons. The number of hydrogen-bond donors (Lipinski definition) is 1. The molecule has 1 aromatic carbocycles. The van der Waals surface area contributed by atoms with E-state index in [9.17, 15) is 0 Å². The Bertz CT molecular complexity index is 347. The molecule has 0 aliphatic carbocycles. The summed E-state index contributed by atoms with van der Waals surface area (Å²) in [5, 5.41) is 1.29. The van der Waals surface area contributed by atoms with Crippen LogP contribution < -0.4 is 5.73 Å². The van der Waals surface area contributed by atoms with E-state index in [-0.39, 0.29) is 18.4 Å². The summed E-state index contributed by atoms with van der Waals surface area (Å²) in [6.07, 6.45) is 2.01. The molecule has 1 heterocycles. The summed E-state index contributed by atoms with van der Waals surface area (Å²) in [6.45, 7) is 1.60. The van der Waals surface area contributed by atoms with Gasteiger partial charge in [-0.15, -0.1) is 12.4 Å². The lowest BCUT2D eigenvalue weighted by Crippen LogP contribution is -2.27. The van der Waals surface area contributed by atoms with Crippen LogP contribution in [0.1, 0.15) is 24.4 Å². The Kier molecular flexibility index (Phi) is 6.04. The summed E-state index contributed by atoms with van der Waals surface area (Å²) in [4.78, 5) is 0. The molecule has 1 aliphatic heterocycles. The molecule has 1 aliphatic rings. The maximum atomic E-state index is 6.23. The van der Waals surface area contributed by atoms with Gasteiger partial charge in [0, 0.05) is 29.3 Å². The minimum Gasteiger partial charge on any atom is -0.381 e. The largest absolute Gasteiger partial charge is 0.381 e. The highest BCUT2D eigenvalue weighted by atomic mass is 35.5. The number of ether oxygens (including phenoxy) is 1. The number of rotatable bonds is 2. The van der Waals surface area contributed by atoms with Gasteiger partial charge in [-0.05, 0) is 42.5 Å². The Morgan fingerprint density at radius 2 is 1.65 bits per heavy atom. The Morgan fingerprint density at radius 1 is 1.12 bits per heavy atom. The molecular weight excluding hydrogens is 280 g/mol. The Labute approximate surface area is 118 Å². The molecule has 1 aromatic rings. The fraction of sp³-hybridized carbons (Fsp3) is 0.500. The van der Waals surface area contributed by atoms with Crippen molar-refractivity contribution in [3.63, 3.8) is 0 Å². The van der Waals surface area contributed by atoms with Crippen LogP contribution in [0.2, 0.25) is 10.0 Å². The first-order chi connectivity index (χ1) is 7.66. The highest BCUT2D eigenvalue weighted by Crippen LogP contribution is 2.31. The van der Waals surface area contributed by atoms with Crippen molar-refractivity contribution in [2.75, 3.05) is 13.2 Å². The third kappa shape index (κ3) is 4.01. The minimum atomic E-state index is 0. The second kappa shape index (κ2) is 6.81. The molecule has 0 spiro atoms. The molecule has 0 amide bonds. The van der Waals surface area contributed by atoms with Crippen molar-refractivity contribution in [2.24, 2.45) is 11.7 Å². The summed E-state index contributed by atoms with van der Waals surface area (Å²) in [6, 6.07) is 5.52. The van der Waals surface area contributed by atoms with E-state index in [0.29, 0.717) is 16.0 Å². The smallest absolute Gasteiger partial charge is 0.0469 e. The first-order valence-electron chi connectivity index (χ1n) is 5.46. The van der Waals surface area contributed by atoms with Gasteiger partial charge in [0.05, 0.1) is 0 Å². The summed E-state index contributed by atoms with van der Waals surface area (Å²) in [7, 11) is 0. The Morgan fingerprint density at radius 3 is 2.18 bits per heavy atom. The third-order valence-corrected chi connectivity index (χ3v) is 3.48. The van der Waals surface area contributed by atoms with E-state index >= 15 is 0 Å². The molecular formula is C12H16Cl3NO. The monoisotopic (exact) mass is 295 g/mol. The zero-order valence-electron chi connectivity index (χ0n) is 9.36. The van der Waals surface area contributed by atoms with E-state index in [1.54, 1.807) is 6.07 Å². The quantitative estimate of drug-likeness (QED) is 0.900. The van der Waals surface area contributed by atoms with Gasteiger partial charge in [0.25, 0.3) is 0 Å². The molecule has 1 saturated heterocycles. The second-order valence-corrected chi connectivity index (χ2v) is 5.05. The van der Waals surface area contributed by atoms with E-state index in [0.717, 1.165) is 31.6 Å². The molecule has 0 saturated carbocycles. The molecule has 17 heavy (non-hydrogen) atoms. The normalized spacial score (nSPS) is 18.5. The fourth-order valence-corrected chi connectivity index (χ4v) is 2.66. The first-order valence-corrected chi connectivity index (χ1v) is 6.22. The molecule has 1 atom stereocenters. The first kappa shape index (κ1) is 15.1.